The number of carbonyl (C=O) groups is 2. The van der Waals surface area contributed by atoms with Gasteiger partial charge in [0.15, 0.2) is 0 Å². The summed E-state index contributed by atoms with van der Waals surface area (Å²) in [5.74, 6) is -0.434. The van der Waals surface area contributed by atoms with Gasteiger partial charge in [0, 0.05) is 15.7 Å². The maximum Gasteiger partial charge on any atom is 0.337 e. The molecule has 5 nitrogen and oxygen atoms in total. The van der Waals surface area contributed by atoms with Crippen LogP contribution in [0.15, 0.2) is 46.9 Å². The van der Waals surface area contributed by atoms with E-state index in [1.807, 2.05) is 0 Å². The Hall–Kier alpha value is -1.76. The summed E-state index contributed by atoms with van der Waals surface area (Å²) < 4.78 is 0.856. The number of rotatable bonds is 2. The molecule has 2 aromatic rings. The van der Waals surface area contributed by atoms with Gasteiger partial charge >= 0.3 is 6.03 Å². The van der Waals surface area contributed by atoms with Gasteiger partial charge in [0.05, 0.1) is 10.0 Å². The van der Waals surface area contributed by atoms with Crippen LogP contribution < -0.4 is 16.2 Å². The zero-order chi connectivity index (χ0) is 16.1. The van der Waals surface area contributed by atoms with E-state index in [0.717, 1.165) is 4.47 Å². The van der Waals surface area contributed by atoms with E-state index in [4.69, 9.17) is 23.2 Å². The summed E-state index contributed by atoms with van der Waals surface area (Å²) in [6.45, 7) is 0. The maximum absolute atomic E-state index is 11.8. The molecule has 0 fully saturated rings. The smallest absolute Gasteiger partial charge is 0.307 e. The summed E-state index contributed by atoms with van der Waals surface area (Å²) in [7, 11) is 0. The predicted molar refractivity (Wildman–Crippen MR) is 90.2 cm³/mol. The molecule has 0 heterocycles. The third kappa shape index (κ3) is 4.62. The van der Waals surface area contributed by atoms with Crippen molar-refractivity contribution in [2.24, 2.45) is 0 Å². The molecule has 2 rings (SSSR count). The van der Waals surface area contributed by atoms with Crippen LogP contribution in [-0.2, 0) is 0 Å². The van der Waals surface area contributed by atoms with Gasteiger partial charge in [0.25, 0.3) is 5.91 Å². The molecule has 0 aromatic heterocycles. The summed E-state index contributed by atoms with van der Waals surface area (Å²) in [6.07, 6.45) is 0. The Balaban J connectivity index is 1.88. The number of carbonyl (C=O) groups excluding carboxylic acids is 2. The van der Waals surface area contributed by atoms with Gasteiger partial charge in [0.1, 0.15) is 0 Å². The summed E-state index contributed by atoms with van der Waals surface area (Å²) in [4.78, 5) is 23.5. The fraction of sp³-hybridized carbons (Fsp3) is 0. The summed E-state index contributed by atoms with van der Waals surface area (Å²) in [6, 6.07) is 10.7. The Morgan fingerprint density at radius 1 is 0.909 bits per heavy atom. The molecule has 114 valence electrons. The first-order chi connectivity index (χ1) is 10.5. The lowest BCUT2D eigenvalue weighted by Crippen LogP contribution is -2.43. The van der Waals surface area contributed by atoms with Crippen molar-refractivity contribution in [2.75, 3.05) is 5.32 Å². The topological polar surface area (TPSA) is 70.2 Å². The zero-order valence-electron chi connectivity index (χ0n) is 11.0. The lowest BCUT2D eigenvalue weighted by atomic mass is 10.2. The Bertz CT molecular complexity index is 708. The third-order valence-corrected chi connectivity index (χ3v) is 3.84. The SMILES string of the molecule is O=C(NNC(=O)c1ccc(Br)cc1)Nc1ccc(Cl)c(Cl)c1. The number of urea groups is 1. The fourth-order valence-electron chi connectivity index (χ4n) is 1.52. The van der Waals surface area contributed by atoms with Gasteiger partial charge < -0.3 is 5.32 Å². The molecular formula is C14H10BrCl2N3O2. The second kappa shape index (κ2) is 7.49. The lowest BCUT2D eigenvalue weighted by molar-refractivity contribution is 0.0938. The normalized spacial score (nSPS) is 9.95. The monoisotopic (exact) mass is 401 g/mol. The molecule has 0 atom stereocenters. The molecular weight excluding hydrogens is 393 g/mol. The van der Waals surface area contributed by atoms with E-state index in [0.29, 0.717) is 21.3 Å². The van der Waals surface area contributed by atoms with Gasteiger partial charge in [-0.2, -0.15) is 0 Å². The molecule has 0 radical (unpaired) electrons. The lowest BCUT2D eigenvalue weighted by Gasteiger charge is -2.09. The minimum atomic E-state index is -0.608. The van der Waals surface area contributed by atoms with Crippen molar-refractivity contribution in [3.05, 3.63) is 62.5 Å². The highest BCUT2D eigenvalue weighted by Gasteiger charge is 2.08. The number of amides is 3. The molecule has 0 aliphatic heterocycles. The van der Waals surface area contributed by atoms with Gasteiger partial charge in [-0.15, -0.1) is 0 Å². The van der Waals surface area contributed by atoms with Gasteiger partial charge in [-0.25, -0.2) is 10.2 Å². The molecule has 0 spiro atoms. The quantitative estimate of drug-likeness (QED) is 0.658. The van der Waals surface area contributed by atoms with Crippen LogP contribution in [0.2, 0.25) is 10.0 Å². The number of hydrogen-bond donors (Lipinski definition) is 3. The van der Waals surface area contributed by atoms with Crippen LogP contribution in [0.1, 0.15) is 10.4 Å². The van der Waals surface area contributed by atoms with Crippen molar-refractivity contribution in [3.63, 3.8) is 0 Å². The number of hydrogen-bond acceptors (Lipinski definition) is 2. The summed E-state index contributed by atoms with van der Waals surface area (Å²) in [5, 5.41) is 3.21. The molecule has 0 saturated carbocycles. The second-order valence-electron chi connectivity index (χ2n) is 4.17. The van der Waals surface area contributed by atoms with Crippen LogP contribution in [-0.4, -0.2) is 11.9 Å². The summed E-state index contributed by atoms with van der Waals surface area (Å²) in [5.41, 5.74) is 5.39. The Morgan fingerprint density at radius 2 is 1.59 bits per heavy atom. The minimum absolute atomic E-state index is 0.318. The first kappa shape index (κ1) is 16.6. The predicted octanol–water partition coefficient (Wildman–Crippen LogP) is 4.22. The molecule has 3 N–H and O–H groups in total. The molecule has 0 aliphatic rings. The highest BCUT2D eigenvalue weighted by Crippen LogP contribution is 2.24. The second-order valence-corrected chi connectivity index (χ2v) is 5.90. The Labute approximate surface area is 145 Å². The fourth-order valence-corrected chi connectivity index (χ4v) is 2.09. The van der Waals surface area contributed by atoms with Crippen molar-refractivity contribution >= 4 is 56.8 Å². The largest absolute Gasteiger partial charge is 0.337 e. The zero-order valence-corrected chi connectivity index (χ0v) is 14.1. The third-order valence-electron chi connectivity index (χ3n) is 2.57. The van der Waals surface area contributed by atoms with Crippen molar-refractivity contribution in [1.82, 2.24) is 10.9 Å². The molecule has 22 heavy (non-hydrogen) atoms. The molecule has 0 saturated heterocycles. The van der Waals surface area contributed by atoms with E-state index in [9.17, 15) is 9.59 Å². The number of benzene rings is 2. The highest BCUT2D eigenvalue weighted by molar-refractivity contribution is 9.10. The van der Waals surface area contributed by atoms with Crippen molar-refractivity contribution < 1.29 is 9.59 Å². The van der Waals surface area contributed by atoms with Crippen LogP contribution in [0.25, 0.3) is 0 Å². The summed E-state index contributed by atoms with van der Waals surface area (Å²) >= 11 is 14.9. The van der Waals surface area contributed by atoms with Gasteiger partial charge in [-0.05, 0) is 42.5 Å². The molecule has 0 unspecified atom stereocenters. The Kier molecular flexibility index (Phi) is 5.65. The number of halogens is 3. The van der Waals surface area contributed by atoms with Crippen LogP contribution >= 0.6 is 39.1 Å². The van der Waals surface area contributed by atoms with Crippen molar-refractivity contribution in [1.29, 1.82) is 0 Å². The number of hydrazine groups is 1. The van der Waals surface area contributed by atoms with Crippen LogP contribution in [0.5, 0.6) is 0 Å². The van der Waals surface area contributed by atoms with E-state index >= 15 is 0 Å². The average Bonchev–Trinajstić information content (AvgIpc) is 2.49. The van der Waals surface area contributed by atoms with E-state index in [2.05, 4.69) is 32.1 Å². The van der Waals surface area contributed by atoms with Crippen molar-refractivity contribution in [2.45, 2.75) is 0 Å². The number of anilines is 1. The molecule has 3 amide bonds. The molecule has 8 heteroatoms. The first-order valence-electron chi connectivity index (χ1n) is 6.03. The highest BCUT2D eigenvalue weighted by atomic mass is 79.9. The van der Waals surface area contributed by atoms with E-state index in [-0.39, 0.29) is 0 Å². The van der Waals surface area contributed by atoms with E-state index < -0.39 is 11.9 Å². The van der Waals surface area contributed by atoms with Gasteiger partial charge in [-0.3, -0.25) is 10.2 Å². The van der Waals surface area contributed by atoms with Gasteiger partial charge in [0.2, 0.25) is 0 Å². The van der Waals surface area contributed by atoms with Crippen LogP contribution in [0.3, 0.4) is 0 Å². The van der Waals surface area contributed by atoms with Crippen molar-refractivity contribution in [3.8, 4) is 0 Å². The standard InChI is InChI=1S/C14H10BrCl2N3O2/c15-9-3-1-8(2-4-9)13(21)19-20-14(22)18-10-5-6-11(16)12(17)7-10/h1-7H,(H,19,21)(H2,18,20,22). The van der Waals surface area contributed by atoms with Crippen LogP contribution in [0, 0.1) is 0 Å². The number of nitrogens with one attached hydrogen (secondary N) is 3. The maximum atomic E-state index is 11.8. The Morgan fingerprint density at radius 3 is 2.23 bits per heavy atom. The molecule has 2 aromatic carbocycles. The molecule has 0 aliphatic carbocycles. The molecule has 0 bridgehead atoms. The van der Waals surface area contributed by atoms with Gasteiger partial charge in [-0.1, -0.05) is 39.1 Å². The minimum Gasteiger partial charge on any atom is -0.307 e. The van der Waals surface area contributed by atoms with E-state index in [1.165, 1.54) is 6.07 Å². The average molecular weight is 403 g/mol. The first-order valence-corrected chi connectivity index (χ1v) is 7.58. The van der Waals surface area contributed by atoms with E-state index in [1.54, 1.807) is 36.4 Å². The van der Waals surface area contributed by atoms with Crippen LogP contribution in [0.4, 0.5) is 10.5 Å².